The van der Waals surface area contributed by atoms with E-state index in [2.05, 4.69) is 10.1 Å². The van der Waals surface area contributed by atoms with Gasteiger partial charge in [0.15, 0.2) is 0 Å². The Morgan fingerprint density at radius 1 is 1.38 bits per heavy atom. The van der Waals surface area contributed by atoms with Gasteiger partial charge in [0, 0.05) is 24.7 Å². The van der Waals surface area contributed by atoms with Gasteiger partial charge in [0.2, 0.25) is 0 Å². The average Bonchev–Trinajstić information content (AvgIpc) is 2.75. The number of aromatic nitrogens is 3. The second kappa shape index (κ2) is 6.12. The minimum atomic E-state index is -1.27. The van der Waals surface area contributed by atoms with Gasteiger partial charge in [-0.2, -0.15) is 5.10 Å². The second-order valence-corrected chi connectivity index (χ2v) is 5.60. The van der Waals surface area contributed by atoms with Gasteiger partial charge in [-0.1, -0.05) is 18.5 Å². The molecule has 114 valence electrons. The lowest BCUT2D eigenvalue weighted by Gasteiger charge is -2.24. The largest absolute Gasteiger partial charge is 0.385 e. The summed E-state index contributed by atoms with van der Waals surface area (Å²) in [7, 11) is 0. The molecule has 2 aromatic heterocycles. The minimum Gasteiger partial charge on any atom is -0.385 e. The summed E-state index contributed by atoms with van der Waals surface area (Å²) in [5.74, 6) is -0.475. The van der Waals surface area contributed by atoms with Crippen molar-refractivity contribution in [3.8, 4) is 0 Å². The summed E-state index contributed by atoms with van der Waals surface area (Å²) in [5, 5.41) is 15.7. The molecule has 1 atom stereocenters. The van der Waals surface area contributed by atoms with Crippen LogP contribution in [0.3, 0.4) is 0 Å². The molecule has 0 spiro atoms. The van der Waals surface area contributed by atoms with Crippen LogP contribution >= 0.6 is 11.6 Å². The maximum absolute atomic E-state index is 13.3. The highest BCUT2D eigenvalue weighted by Gasteiger charge is 2.28. The molecule has 1 unspecified atom stereocenters. The fourth-order valence-corrected chi connectivity index (χ4v) is 2.66. The number of rotatable bonds is 5. The molecule has 0 fully saturated rings. The van der Waals surface area contributed by atoms with E-state index in [0.29, 0.717) is 17.1 Å². The fraction of sp³-hybridized carbons (Fsp3) is 0.467. The number of pyridine rings is 1. The molecule has 6 heteroatoms. The zero-order chi connectivity index (χ0) is 15.6. The Morgan fingerprint density at radius 3 is 2.67 bits per heavy atom. The highest BCUT2D eigenvalue weighted by molar-refractivity contribution is 6.31. The SMILES string of the molecule is CCc1nn(CC)c(CC(C)(O)c2cncc(F)c2)c1Cl. The number of halogens is 2. The molecule has 4 nitrogen and oxygen atoms in total. The fourth-order valence-electron chi connectivity index (χ4n) is 2.32. The van der Waals surface area contributed by atoms with E-state index in [0.717, 1.165) is 24.0 Å². The van der Waals surface area contributed by atoms with E-state index in [1.54, 1.807) is 11.6 Å². The van der Waals surface area contributed by atoms with Gasteiger partial charge in [0.25, 0.3) is 0 Å². The highest BCUT2D eigenvalue weighted by Crippen LogP contribution is 2.30. The molecular weight excluding hydrogens is 293 g/mol. The molecule has 1 N–H and O–H groups in total. The van der Waals surface area contributed by atoms with Crippen LogP contribution in [-0.2, 0) is 25.0 Å². The zero-order valence-corrected chi connectivity index (χ0v) is 13.2. The highest BCUT2D eigenvalue weighted by atomic mass is 35.5. The van der Waals surface area contributed by atoms with Crippen molar-refractivity contribution >= 4 is 11.6 Å². The summed E-state index contributed by atoms with van der Waals surface area (Å²) in [6.45, 7) is 6.22. The molecule has 0 aliphatic heterocycles. The lowest BCUT2D eigenvalue weighted by Crippen LogP contribution is -2.26. The van der Waals surface area contributed by atoms with Gasteiger partial charge in [-0.05, 0) is 26.3 Å². The predicted octanol–water partition coefficient (Wildman–Crippen LogP) is 3.10. The van der Waals surface area contributed by atoms with Crippen molar-refractivity contribution in [3.05, 3.63) is 46.3 Å². The number of aryl methyl sites for hydroxylation is 2. The molecule has 2 aromatic rings. The lowest BCUT2D eigenvalue weighted by atomic mass is 9.92. The van der Waals surface area contributed by atoms with Gasteiger partial charge in [-0.3, -0.25) is 9.67 Å². The monoisotopic (exact) mass is 311 g/mol. The van der Waals surface area contributed by atoms with Gasteiger partial charge >= 0.3 is 0 Å². The van der Waals surface area contributed by atoms with Crippen molar-refractivity contribution in [2.45, 2.75) is 45.8 Å². The summed E-state index contributed by atoms with van der Waals surface area (Å²) in [6, 6.07) is 1.29. The smallest absolute Gasteiger partial charge is 0.141 e. The predicted molar refractivity (Wildman–Crippen MR) is 79.8 cm³/mol. The van der Waals surface area contributed by atoms with Crippen molar-refractivity contribution in [1.82, 2.24) is 14.8 Å². The lowest BCUT2D eigenvalue weighted by molar-refractivity contribution is 0.0547. The molecular formula is C15H19ClFN3O. The number of nitrogens with zero attached hydrogens (tertiary/aromatic N) is 3. The topological polar surface area (TPSA) is 50.9 Å². The first-order valence-electron chi connectivity index (χ1n) is 6.96. The van der Waals surface area contributed by atoms with Crippen LogP contribution in [0.2, 0.25) is 5.02 Å². The molecule has 0 aliphatic carbocycles. The van der Waals surface area contributed by atoms with E-state index < -0.39 is 11.4 Å². The number of aliphatic hydroxyl groups is 1. The Morgan fingerprint density at radius 2 is 2.10 bits per heavy atom. The minimum absolute atomic E-state index is 0.248. The first-order chi connectivity index (χ1) is 9.89. The van der Waals surface area contributed by atoms with E-state index in [4.69, 9.17) is 11.6 Å². The number of hydrogen-bond donors (Lipinski definition) is 1. The zero-order valence-electron chi connectivity index (χ0n) is 12.4. The molecule has 0 aromatic carbocycles. The van der Waals surface area contributed by atoms with Crippen molar-refractivity contribution in [2.75, 3.05) is 0 Å². The van der Waals surface area contributed by atoms with E-state index in [-0.39, 0.29) is 6.42 Å². The average molecular weight is 312 g/mol. The quantitative estimate of drug-likeness (QED) is 0.923. The Hall–Kier alpha value is -1.46. The standard InChI is InChI=1S/C15H19ClFN3O/c1-4-12-14(16)13(20(5-2)19-12)7-15(3,21)10-6-11(17)9-18-8-10/h6,8-9,21H,4-5,7H2,1-3H3. The normalized spacial score (nSPS) is 14.2. The molecule has 0 saturated heterocycles. The van der Waals surface area contributed by atoms with Gasteiger partial charge < -0.3 is 5.11 Å². The van der Waals surface area contributed by atoms with Crippen LogP contribution in [0.1, 0.15) is 37.7 Å². The third-order valence-electron chi connectivity index (χ3n) is 3.53. The molecule has 0 bridgehead atoms. The maximum atomic E-state index is 13.3. The summed E-state index contributed by atoms with van der Waals surface area (Å²) in [4.78, 5) is 3.79. The second-order valence-electron chi connectivity index (χ2n) is 5.22. The van der Waals surface area contributed by atoms with Gasteiger partial charge in [0.1, 0.15) is 5.82 Å². The van der Waals surface area contributed by atoms with E-state index >= 15 is 0 Å². The van der Waals surface area contributed by atoms with Crippen LogP contribution in [-0.4, -0.2) is 19.9 Å². The first kappa shape index (κ1) is 15.9. The molecule has 21 heavy (non-hydrogen) atoms. The Balaban J connectivity index is 2.38. The van der Waals surface area contributed by atoms with Gasteiger partial charge in [0.05, 0.1) is 28.2 Å². The molecule has 2 heterocycles. The third-order valence-corrected chi connectivity index (χ3v) is 3.97. The summed E-state index contributed by atoms with van der Waals surface area (Å²) >= 11 is 6.35. The Kier molecular flexibility index (Phi) is 4.64. The Bertz CT molecular complexity index is 640. The van der Waals surface area contributed by atoms with Gasteiger partial charge in [-0.25, -0.2) is 4.39 Å². The van der Waals surface area contributed by atoms with Crippen LogP contribution in [0.5, 0.6) is 0 Å². The molecule has 0 radical (unpaired) electrons. The van der Waals surface area contributed by atoms with Gasteiger partial charge in [-0.15, -0.1) is 0 Å². The van der Waals surface area contributed by atoms with Crippen LogP contribution in [0.15, 0.2) is 18.5 Å². The summed E-state index contributed by atoms with van der Waals surface area (Å²) < 4.78 is 15.1. The van der Waals surface area contributed by atoms with Crippen LogP contribution in [0.4, 0.5) is 4.39 Å². The number of hydrogen-bond acceptors (Lipinski definition) is 3. The van der Waals surface area contributed by atoms with E-state index in [1.165, 1.54) is 12.3 Å². The van der Waals surface area contributed by atoms with Crippen LogP contribution in [0.25, 0.3) is 0 Å². The van der Waals surface area contributed by atoms with Crippen LogP contribution in [0, 0.1) is 5.82 Å². The third kappa shape index (κ3) is 3.24. The maximum Gasteiger partial charge on any atom is 0.141 e. The first-order valence-corrected chi connectivity index (χ1v) is 7.34. The van der Waals surface area contributed by atoms with Crippen molar-refractivity contribution in [3.63, 3.8) is 0 Å². The van der Waals surface area contributed by atoms with Crippen molar-refractivity contribution in [2.24, 2.45) is 0 Å². The molecule has 2 rings (SSSR count). The molecule has 0 aliphatic rings. The van der Waals surface area contributed by atoms with Crippen molar-refractivity contribution in [1.29, 1.82) is 0 Å². The molecule has 0 amide bonds. The van der Waals surface area contributed by atoms with Crippen molar-refractivity contribution < 1.29 is 9.50 Å². The van der Waals surface area contributed by atoms with E-state index in [1.807, 2.05) is 13.8 Å². The molecule has 0 saturated carbocycles. The Labute approximate surface area is 128 Å². The van der Waals surface area contributed by atoms with Crippen LogP contribution < -0.4 is 0 Å². The summed E-state index contributed by atoms with van der Waals surface area (Å²) in [5.41, 5.74) is 0.712. The summed E-state index contributed by atoms with van der Waals surface area (Å²) in [6.07, 6.45) is 3.54. The van der Waals surface area contributed by atoms with E-state index in [9.17, 15) is 9.50 Å².